The number of thiophene rings is 3. The number of alkyl halides is 1. The lowest BCUT2D eigenvalue weighted by atomic mass is 10.1. The molecule has 15 nitrogen and oxygen atoms in total. The maximum absolute atomic E-state index is 12.3. The van der Waals surface area contributed by atoms with E-state index in [-0.39, 0.29) is 28.8 Å². The molecule has 0 aliphatic rings. The minimum atomic E-state index is -0.574. The van der Waals surface area contributed by atoms with Gasteiger partial charge >= 0.3 is 11.9 Å². The van der Waals surface area contributed by atoms with E-state index in [4.69, 9.17) is 61.6 Å². The number of fused-ring (bicyclic) bond motifs is 3. The topological polar surface area (TPSA) is 220 Å². The van der Waals surface area contributed by atoms with Crippen LogP contribution in [0.25, 0.3) is 61.6 Å². The van der Waals surface area contributed by atoms with Gasteiger partial charge < -0.3 is 30.2 Å². The number of nitrogens with two attached hydrogens (primary N) is 1. The third-order valence-corrected chi connectivity index (χ3v) is 17.2. The molecule has 23 heteroatoms. The van der Waals surface area contributed by atoms with Gasteiger partial charge in [-0.05, 0) is 120 Å². The first-order valence-electron chi connectivity index (χ1n) is 24.7. The summed E-state index contributed by atoms with van der Waals surface area (Å²) in [6.07, 6.45) is 12.7. The van der Waals surface area contributed by atoms with Crippen LogP contribution in [0, 0.1) is 0 Å². The molecule has 0 fully saturated rings. The Morgan fingerprint density at radius 3 is 1.21 bits per heavy atom. The zero-order valence-corrected chi connectivity index (χ0v) is 49.9. The lowest BCUT2D eigenvalue weighted by Gasteiger charge is -2.04. The lowest BCUT2D eigenvalue weighted by molar-refractivity contribution is 0.0511. The highest BCUT2D eigenvalue weighted by Crippen LogP contribution is 2.40. The van der Waals surface area contributed by atoms with Crippen molar-refractivity contribution in [3.63, 3.8) is 0 Å². The second kappa shape index (κ2) is 27.4. The smallest absolute Gasteiger partial charge is 0.360 e. The van der Waals surface area contributed by atoms with Gasteiger partial charge in [-0.15, -0.1) is 54.4 Å². The third-order valence-electron chi connectivity index (χ3n) is 11.9. The molecule has 0 unspecified atom stereocenters. The Balaban J connectivity index is 0.000000139. The number of H-pyrrole nitrogens is 3. The van der Waals surface area contributed by atoms with Crippen LogP contribution < -0.4 is 5.73 Å². The average Bonchev–Trinajstić information content (AvgIpc) is 4.48. The number of hydrogen-bond donors (Lipinski definition) is 4. The number of carbonyl (C=O) groups is 3. The first-order valence-corrected chi connectivity index (χ1v) is 29.8. The SMILES string of the molecule is BrCc1cc[nH]c1.CCOC(=O)c1nnc(Cc2cc[nH]c2)c2cc(-c3ccc(Cl)cc3)sc12.CCOC(=O)c1nnc(Cl)c2cc(-c3ccc(Cl)cc3)sc12.NC(=O)c1nnc(Cc2cc[nH]c2)c2cc(-c3ccc(Cl)cc3)sc12. The Hall–Kier alpha value is -7.33. The highest BCUT2D eigenvalue weighted by molar-refractivity contribution is 9.08. The van der Waals surface area contributed by atoms with E-state index in [0.717, 1.165) is 79.3 Å². The Morgan fingerprint density at radius 2 is 0.852 bits per heavy atom. The van der Waals surface area contributed by atoms with Gasteiger partial charge in [-0.25, -0.2) is 9.59 Å². The van der Waals surface area contributed by atoms with Crippen LogP contribution in [0.3, 0.4) is 0 Å². The van der Waals surface area contributed by atoms with Crippen LogP contribution in [-0.2, 0) is 27.6 Å². The molecule has 5 N–H and O–H groups in total. The van der Waals surface area contributed by atoms with Gasteiger partial charge in [0.1, 0.15) is 0 Å². The van der Waals surface area contributed by atoms with E-state index in [0.29, 0.717) is 44.6 Å². The Labute approximate surface area is 504 Å². The molecule has 0 atom stereocenters. The molecule has 410 valence electrons. The van der Waals surface area contributed by atoms with Gasteiger partial charge in [0.15, 0.2) is 22.2 Å². The molecule has 0 saturated heterocycles. The second-order valence-electron chi connectivity index (χ2n) is 17.4. The molecule has 0 spiro atoms. The molecule has 9 aromatic heterocycles. The summed E-state index contributed by atoms with van der Waals surface area (Å²) in [6, 6.07) is 34.7. The Bertz CT molecular complexity index is 4080. The predicted octanol–water partition coefficient (Wildman–Crippen LogP) is 15.9. The van der Waals surface area contributed by atoms with Crippen molar-refractivity contribution in [2.45, 2.75) is 32.0 Å². The lowest BCUT2D eigenvalue weighted by Crippen LogP contribution is -2.14. The average molecular weight is 1280 g/mol. The summed E-state index contributed by atoms with van der Waals surface area (Å²) >= 11 is 31.7. The molecule has 12 aromatic rings. The molecular weight excluding hydrogens is 1230 g/mol. The standard InChI is InChI=1S/C20H16ClN3O2S.C18H13ClN4OS.C15H10Cl2N2O2S.C5H6BrN/c1-2-26-20(25)18-19-15(16(23-24-18)9-12-7-8-22-11-12)10-17(27-19)13-3-5-14(21)6-4-13;19-12-3-1-11(2-4-12)15-8-13-14(7-10-5-6-21-9-10)22-23-16(18(20)24)17(13)25-15;1-2-21-15(20)12-13-10(14(17)19-18-12)7-11(22-13)8-3-5-9(16)6-4-8;6-3-5-1-2-7-4-5/h3-8,10-11,22H,2,9H2,1H3;1-6,8-9,21H,7H2,(H2,20,24);3-7H,2H2,1H3;1-2,4,7H,3H2. The van der Waals surface area contributed by atoms with E-state index >= 15 is 0 Å². The van der Waals surface area contributed by atoms with Gasteiger partial charge in [0.05, 0.1) is 38.7 Å². The Morgan fingerprint density at radius 1 is 0.494 bits per heavy atom. The van der Waals surface area contributed by atoms with Gasteiger partial charge in [-0.1, -0.05) is 98.7 Å². The molecule has 12 rings (SSSR count). The number of aromatic amines is 3. The summed E-state index contributed by atoms with van der Waals surface area (Å²) in [4.78, 5) is 48.1. The first-order chi connectivity index (χ1) is 39.3. The fraction of sp³-hybridized carbons (Fsp3) is 0.121. The molecule has 0 bridgehead atoms. The third kappa shape index (κ3) is 14.4. The van der Waals surface area contributed by atoms with E-state index in [2.05, 4.69) is 67.5 Å². The molecule has 0 aliphatic carbocycles. The van der Waals surface area contributed by atoms with Crippen molar-refractivity contribution in [2.24, 2.45) is 5.73 Å². The fourth-order valence-corrected chi connectivity index (χ4v) is 12.5. The summed E-state index contributed by atoms with van der Waals surface area (Å²) < 4.78 is 12.4. The van der Waals surface area contributed by atoms with Crippen LogP contribution in [0.5, 0.6) is 0 Å². The number of amides is 1. The maximum atomic E-state index is 12.3. The zero-order valence-electron chi connectivity index (χ0n) is 42.8. The number of ether oxygens (including phenoxy) is 2. The number of carbonyl (C=O) groups excluding carboxylic acids is 3. The minimum absolute atomic E-state index is 0.187. The molecule has 0 radical (unpaired) electrons. The van der Waals surface area contributed by atoms with Crippen LogP contribution in [0.2, 0.25) is 20.2 Å². The van der Waals surface area contributed by atoms with Crippen LogP contribution in [0.15, 0.2) is 146 Å². The molecular formula is C58H45BrCl4N10O5S3. The van der Waals surface area contributed by atoms with Crippen LogP contribution in [0.4, 0.5) is 0 Å². The summed E-state index contributed by atoms with van der Waals surface area (Å²) in [7, 11) is 0. The van der Waals surface area contributed by atoms with Gasteiger partial charge in [0, 0.05) is 101 Å². The number of primary amides is 1. The van der Waals surface area contributed by atoms with Crippen LogP contribution in [0.1, 0.15) is 73.4 Å². The van der Waals surface area contributed by atoms with Gasteiger partial charge in [-0.3, -0.25) is 4.79 Å². The number of rotatable bonds is 13. The summed E-state index contributed by atoms with van der Waals surface area (Å²) in [5.41, 5.74) is 14.3. The first kappa shape index (κ1) is 58.3. The number of nitrogens with zero attached hydrogens (tertiary/aromatic N) is 6. The molecule has 3 aromatic carbocycles. The molecule has 0 aliphatic heterocycles. The molecule has 1 amide bonds. The molecule has 9 heterocycles. The summed E-state index contributed by atoms with van der Waals surface area (Å²) in [5.74, 6) is -1.52. The number of hydrogen-bond acceptors (Lipinski definition) is 14. The van der Waals surface area contributed by atoms with Crippen molar-refractivity contribution in [1.29, 1.82) is 0 Å². The van der Waals surface area contributed by atoms with Crippen LogP contribution >= 0.6 is 96.3 Å². The van der Waals surface area contributed by atoms with Crippen molar-refractivity contribution in [2.75, 3.05) is 13.2 Å². The van der Waals surface area contributed by atoms with Gasteiger partial charge in [0.25, 0.3) is 5.91 Å². The van der Waals surface area contributed by atoms with Crippen molar-refractivity contribution in [3.05, 3.63) is 212 Å². The number of esters is 2. The van der Waals surface area contributed by atoms with E-state index in [1.165, 1.54) is 39.6 Å². The van der Waals surface area contributed by atoms with Crippen molar-refractivity contribution < 1.29 is 23.9 Å². The zero-order chi connectivity index (χ0) is 57.0. The predicted molar refractivity (Wildman–Crippen MR) is 330 cm³/mol. The number of benzene rings is 3. The van der Waals surface area contributed by atoms with Gasteiger partial charge in [-0.2, -0.15) is 10.2 Å². The van der Waals surface area contributed by atoms with Crippen LogP contribution in [-0.4, -0.2) is 76.6 Å². The van der Waals surface area contributed by atoms with Crippen molar-refractivity contribution in [3.8, 4) is 31.3 Å². The maximum Gasteiger partial charge on any atom is 0.360 e. The fourth-order valence-electron chi connectivity index (χ4n) is 8.02. The minimum Gasteiger partial charge on any atom is -0.461 e. The highest BCUT2D eigenvalue weighted by atomic mass is 79.9. The number of nitrogens with one attached hydrogen (secondary N) is 3. The van der Waals surface area contributed by atoms with Crippen molar-refractivity contribution in [1.82, 2.24) is 45.5 Å². The summed E-state index contributed by atoms with van der Waals surface area (Å²) in [6.45, 7) is 4.09. The molecule has 81 heavy (non-hydrogen) atoms. The summed E-state index contributed by atoms with van der Waals surface area (Å²) in [5, 5.41) is 30.3. The quantitative estimate of drug-likeness (QED) is 0.0628. The van der Waals surface area contributed by atoms with E-state index in [1.807, 2.05) is 140 Å². The van der Waals surface area contributed by atoms with Crippen molar-refractivity contribution >= 4 is 144 Å². The number of halogens is 5. The Kier molecular flexibility index (Phi) is 19.7. The van der Waals surface area contributed by atoms with Gasteiger partial charge in [0.2, 0.25) is 0 Å². The normalized spacial score (nSPS) is 10.9. The van der Waals surface area contributed by atoms with E-state index < -0.39 is 17.8 Å². The largest absolute Gasteiger partial charge is 0.461 e. The number of aromatic nitrogens is 9. The van der Waals surface area contributed by atoms with E-state index in [1.54, 1.807) is 13.8 Å². The highest BCUT2D eigenvalue weighted by Gasteiger charge is 2.23. The second-order valence-corrected chi connectivity index (χ2v) is 22.7. The molecule has 0 saturated carbocycles. The monoisotopic (exact) mass is 1280 g/mol. The van der Waals surface area contributed by atoms with E-state index in [9.17, 15) is 14.4 Å².